The number of likely N-dealkylation sites (tertiary alicyclic amines) is 1. The molecule has 8 heteroatoms. The lowest BCUT2D eigenvalue weighted by Gasteiger charge is -2.34. The molecule has 1 heterocycles. The van der Waals surface area contributed by atoms with E-state index in [0.29, 0.717) is 24.8 Å². The maximum absolute atomic E-state index is 14.0. The normalized spacial score (nSPS) is 18.8. The van der Waals surface area contributed by atoms with Gasteiger partial charge in [-0.1, -0.05) is 24.3 Å². The van der Waals surface area contributed by atoms with Crippen LogP contribution in [0.15, 0.2) is 58.4 Å². The van der Waals surface area contributed by atoms with Crippen molar-refractivity contribution < 1.29 is 13.0 Å². The van der Waals surface area contributed by atoms with Crippen molar-refractivity contribution >= 4 is 16.8 Å². The van der Waals surface area contributed by atoms with E-state index in [2.05, 4.69) is 20.5 Å². The molecule has 0 bridgehead atoms. The van der Waals surface area contributed by atoms with Crippen molar-refractivity contribution in [3.8, 4) is 0 Å². The zero-order chi connectivity index (χ0) is 21.3. The molecule has 1 aliphatic rings. The van der Waals surface area contributed by atoms with E-state index in [-0.39, 0.29) is 18.2 Å². The molecular weight excluding hydrogens is 406 g/mol. The second-order valence-corrected chi connectivity index (χ2v) is 8.85. The van der Waals surface area contributed by atoms with Gasteiger partial charge in [0.2, 0.25) is 0 Å². The zero-order valence-electron chi connectivity index (χ0n) is 17.1. The number of nitrogens with one attached hydrogen (secondary N) is 2. The van der Waals surface area contributed by atoms with Gasteiger partial charge in [0.15, 0.2) is 5.96 Å². The van der Waals surface area contributed by atoms with E-state index in [1.54, 1.807) is 7.05 Å². The first-order chi connectivity index (χ1) is 14.6. The molecule has 3 rings (SSSR count). The number of piperidine rings is 1. The van der Waals surface area contributed by atoms with Crippen LogP contribution in [0.5, 0.6) is 0 Å². The number of halogens is 2. The van der Waals surface area contributed by atoms with E-state index in [4.69, 9.17) is 0 Å². The van der Waals surface area contributed by atoms with Gasteiger partial charge in [-0.25, -0.2) is 8.78 Å². The predicted octanol–water partition coefficient (Wildman–Crippen LogP) is 2.90. The smallest absolute Gasteiger partial charge is 0.191 e. The van der Waals surface area contributed by atoms with E-state index >= 15 is 0 Å². The van der Waals surface area contributed by atoms with Crippen LogP contribution >= 0.6 is 0 Å². The molecule has 2 atom stereocenters. The van der Waals surface area contributed by atoms with Crippen LogP contribution in [0.2, 0.25) is 0 Å². The Morgan fingerprint density at radius 1 is 1.17 bits per heavy atom. The highest BCUT2D eigenvalue weighted by atomic mass is 32.2. The molecule has 0 aromatic heterocycles. The largest absolute Gasteiger partial charge is 0.355 e. The van der Waals surface area contributed by atoms with Crippen LogP contribution in [0, 0.1) is 11.6 Å². The van der Waals surface area contributed by atoms with E-state index in [1.165, 1.54) is 18.2 Å². The lowest BCUT2D eigenvalue weighted by Crippen LogP contribution is -2.51. The fraction of sp³-hybridized carbons (Fsp3) is 0.409. The van der Waals surface area contributed by atoms with Gasteiger partial charge in [-0.05, 0) is 43.7 Å². The Morgan fingerprint density at radius 2 is 1.90 bits per heavy atom. The number of benzene rings is 2. The lowest BCUT2D eigenvalue weighted by molar-refractivity contribution is 0.188. The summed E-state index contributed by atoms with van der Waals surface area (Å²) in [6.45, 7) is 2.25. The van der Waals surface area contributed by atoms with E-state index in [0.717, 1.165) is 24.3 Å². The van der Waals surface area contributed by atoms with Gasteiger partial charge in [0.05, 0.1) is 10.8 Å². The fourth-order valence-corrected chi connectivity index (χ4v) is 4.55. The number of aliphatic imine (C=N–C) groups is 1. The SMILES string of the molecule is CN=C(NCCS(=O)c1ccccc1)NC1CCCN(Cc2c(F)cccc2F)C1. The fourth-order valence-electron chi connectivity index (χ4n) is 3.56. The molecule has 30 heavy (non-hydrogen) atoms. The van der Waals surface area contributed by atoms with E-state index < -0.39 is 22.4 Å². The summed E-state index contributed by atoms with van der Waals surface area (Å²) < 4.78 is 40.2. The van der Waals surface area contributed by atoms with Crippen molar-refractivity contribution in [2.75, 3.05) is 32.4 Å². The topological polar surface area (TPSA) is 56.7 Å². The maximum atomic E-state index is 14.0. The van der Waals surface area contributed by atoms with Gasteiger partial charge >= 0.3 is 0 Å². The van der Waals surface area contributed by atoms with Crippen molar-refractivity contribution in [3.05, 3.63) is 65.7 Å². The minimum Gasteiger partial charge on any atom is -0.355 e. The molecule has 1 fully saturated rings. The first kappa shape index (κ1) is 22.4. The lowest BCUT2D eigenvalue weighted by atomic mass is 10.0. The molecule has 2 aromatic carbocycles. The molecule has 5 nitrogen and oxygen atoms in total. The number of hydrogen-bond acceptors (Lipinski definition) is 3. The Hall–Kier alpha value is -2.32. The molecule has 2 N–H and O–H groups in total. The van der Waals surface area contributed by atoms with Crippen LogP contribution < -0.4 is 10.6 Å². The van der Waals surface area contributed by atoms with Crippen molar-refractivity contribution in [2.45, 2.75) is 30.3 Å². The summed E-state index contributed by atoms with van der Waals surface area (Å²) in [5.41, 5.74) is 0.115. The highest BCUT2D eigenvalue weighted by Gasteiger charge is 2.22. The molecule has 162 valence electrons. The summed E-state index contributed by atoms with van der Waals surface area (Å²) >= 11 is 0. The maximum Gasteiger partial charge on any atom is 0.191 e. The molecule has 2 aromatic rings. The monoisotopic (exact) mass is 434 g/mol. The number of nitrogens with zero attached hydrogens (tertiary/aromatic N) is 2. The Morgan fingerprint density at radius 3 is 2.60 bits per heavy atom. The third kappa shape index (κ3) is 6.34. The molecule has 1 aliphatic heterocycles. The number of rotatable bonds is 7. The van der Waals surface area contributed by atoms with Crippen molar-refractivity contribution in [1.29, 1.82) is 0 Å². The van der Waals surface area contributed by atoms with E-state index in [9.17, 15) is 13.0 Å². The van der Waals surface area contributed by atoms with Crippen molar-refractivity contribution in [2.24, 2.45) is 4.99 Å². The van der Waals surface area contributed by atoms with Gasteiger partial charge in [-0.3, -0.25) is 14.1 Å². The van der Waals surface area contributed by atoms with Crippen molar-refractivity contribution in [1.82, 2.24) is 15.5 Å². The van der Waals surface area contributed by atoms with Crippen LogP contribution in [0.4, 0.5) is 8.78 Å². The molecule has 0 spiro atoms. The van der Waals surface area contributed by atoms with Gasteiger partial charge in [0.25, 0.3) is 0 Å². The highest BCUT2D eigenvalue weighted by Crippen LogP contribution is 2.18. The molecule has 2 unspecified atom stereocenters. The average molecular weight is 435 g/mol. The number of guanidine groups is 1. The zero-order valence-corrected chi connectivity index (χ0v) is 17.9. The summed E-state index contributed by atoms with van der Waals surface area (Å²) in [5.74, 6) is 0.112. The molecule has 0 aliphatic carbocycles. The standard InChI is InChI=1S/C22H28F2N4OS/c1-25-22(26-12-14-30(29)18-8-3-2-4-9-18)27-17-7-6-13-28(15-17)16-19-20(23)10-5-11-21(19)24/h2-5,8-11,17H,6-7,12-16H2,1H3,(H2,25,26,27). The Kier molecular flexibility index (Phi) is 8.33. The second kappa shape index (κ2) is 11.2. The first-order valence-corrected chi connectivity index (χ1v) is 11.4. The minimum absolute atomic E-state index is 0.115. The number of hydrogen-bond donors (Lipinski definition) is 2. The molecular formula is C22H28F2N4OS. The Balaban J connectivity index is 1.47. The molecule has 0 amide bonds. The third-order valence-electron chi connectivity index (χ3n) is 5.10. The molecule has 0 saturated carbocycles. The van der Waals surface area contributed by atoms with Gasteiger partial charge < -0.3 is 10.6 Å². The quantitative estimate of drug-likeness (QED) is 0.520. The summed E-state index contributed by atoms with van der Waals surface area (Å²) in [5, 5.41) is 6.58. The van der Waals surface area contributed by atoms with E-state index in [1.807, 2.05) is 30.3 Å². The van der Waals surface area contributed by atoms with Crippen LogP contribution in [0.25, 0.3) is 0 Å². The second-order valence-electron chi connectivity index (χ2n) is 7.28. The Labute approximate surface area is 179 Å². The van der Waals surface area contributed by atoms with Crippen LogP contribution in [-0.2, 0) is 17.3 Å². The first-order valence-electron chi connectivity index (χ1n) is 10.1. The van der Waals surface area contributed by atoms with Gasteiger partial charge in [0, 0.05) is 48.9 Å². The van der Waals surface area contributed by atoms with Crippen LogP contribution in [0.1, 0.15) is 18.4 Å². The highest BCUT2D eigenvalue weighted by molar-refractivity contribution is 7.85. The summed E-state index contributed by atoms with van der Waals surface area (Å²) in [6.07, 6.45) is 1.88. The average Bonchev–Trinajstić information content (AvgIpc) is 2.76. The molecule has 1 saturated heterocycles. The predicted molar refractivity (Wildman–Crippen MR) is 117 cm³/mol. The van der Waals surface area contributed by atoms with Crippen molar-refractivity contribution in [3.63, 3.8) is 0 Å². The third-order valence-corrected chi connectivity index (χ3v) is 6.47. The summed E-state index contributed by atoms with van der Waals surface area (Å²) in [4.78, 5) is 7.11. The Bertz CT molecular complexity index is 858. The van der Waals surface area contributed by atoms with Gasteiger partial charge in [0.1, 0.15) is 11.6 Å². The molecule has 0 radical (unpaired) electrons. The van der Waals surface area contributed by atoms with Gasteiger partial charge in [-0.15, -0.1) is 0 Å². The van der Waals surface area contributed by atoms with Gasteiger partial charge in [-0.2, -0.15) is 0 Å². The van der Waals surface area contributed by atoms with Crippen LogP contribution in [0.3, 0.4) is 0 Å². The summed E-state index contributed by atoms with van der Waals surface area (Å²) in [7, 11) is 0.627. The van der Waals surface area contributed by atoms with Crippen LogP contribution in [-0.4, -0.2) is 53.5 Å². The summed E-state index contributed by atoms with van der Waals surface area (Å²) in [6, 6.07) is 13.5. The minimum atomic E-state index is -1.07.